The number of aldehydes is 1. The minimum Gasteiger partial charge on any atom is -0.298 e. The topological polar surface area (TPSA) is 30.0 Å². The van der Waals surface area contributed by atoms with Crippen molar-refractivity contribution in [2.75, 3.05) is 0 Å². The van der Waals surface area contributed by atoms with Crippen molar-refractivity contribution in [3.8, 4) is 0 Å². The number of rotatable bonds is 4. The number of hydrogen-bond acceptors (Lipinski definition) is 2. The van der Waals surface area contributed by atoms with Gasteiger partial charge in [0.1, 0.15) is 0 Å². The Balaban J connectivity index is 2.40. The Morgan fingerprint density at radius 2 is 2.00 bits per heavy atom. The van der Waals surface area contributed by atoms with Gasteiger partial charge < -0.3 is 0 Å². The molecule has 1 heterocycles. The zero-order valence-corrected chi connectivity index (χ0v) is 9.89. The molecule has 0 atom stereocenters. The second kappa shape index (κ2) is 5.44. The van der Waals surface area contributed by atoms with Crippen LogP contribution in [0.15, 0.2) is 42.7 Å². The number of pyridine rings is 1. The summed E-state index contributed by atoms with van der Waals surface area (Å²) in [5, 5.41) is 0. The van der Waals surface area contributed by atoms with Gasteiger partial charge in [-0.25, -0.2) is 0 Å². The van der Waals surface area contributed by atoms with E-state index in [2.05, 4.69) is 23.9 Å². The van der Waals surface area contributed by atoms with Crippen LogP contribution in [0.3, 0.4) is 0 Å². The fourth-order valence-electron chi connectivity index (χ4n) is 1.97. The molecule has 0 saturated carbocycles. The zero-order valence-electron chi connectivity index (χ0n) is 9.89. The van der Waals surface area contributed by atoms with E-state index in [-0.39, 0.29) is 0 Å². The van der Waals surface area contributed by atoms with Crippen LogP contribution in [0.1, 0.15) is 21.5 Å². The van der Waals surface area contributed by atoms with E-state index in [4.69, 9.17) is 0 Å². The van der Waals surface area contributed by atoms with Crippen molar-refractivity contribution in [3.63, 3.8) is 0 Å². The molecule has 2 rings (SSSR count). The molecule has 0 fully saturated rings. The van der Waals surface area contributed by atoms with Gasteiger partial charge >= 0.3 is 0 Å². The molecule has 3 heteroatoms. The first-order valence-electron chi connectivity index (χ1n) is 5.80. The summed E-state index contributed by atoms with van der Waals surface area (Å²) in [4.78, 5) is 15.1. The fraction of sp³-hybridized carbons (Fsp3) is 0.143. The van der Waals surface area contributed by atoms with Gasteiger partial charge in [0.15, 0.2) is 13.6 Å². The van der Waals surface area contributed by atoms with Crippen molar-refractivity contribution in [2.45, 2.75) is 13.2 Å². The van der Waals surface area contributed by atoms with Gasteiger partial charge in [0.2, 0.25) is 0 Å². The van der Waals surface area contributed by atoms with Gasteiger partial charge in [0.25, 0.3) is 0 Å². The van der Waals surface area contributed by atoms with Crippen molar-refractivity contribution in [1.29, 1.82) is 0 Å². The number of hydrogen-bond donors (Lipinski definition) is 0. The number of carbonyl (C=O) groups excluding carboxylic acids is 1. The number of carbonyl (C=O) groups is 1. The third-order valence-corrected chi connectivity index (χ3v) is 2.91. The molecule has 1 aromatic carbocycles. The lowest BCUT2D eigenvalue weighted by molar-refractivity contribution is 0.112. The lowest BCUT2D eigenvalue weighted by Gasteiger charge is -2.09. The molecule has 0 aliphatic carbocycles. The maximum Gasteiger partial charge on any atom is 0.157 e. The standard InChI is InChI=1S/C14H14BNO/c1-15-14-9-16-8-12(10-17)13(14)7-11-5-3-2-4-6-11/h2-6,8-10,15H,7H2,1H3. The monoisotopic (exact) mass is 223 g/mol. The molecule has 0 unspecified atom stereocenters. The summed E-state index contributed by atoms with van der Waals surface area (Å²) in [7, 11) is 0.900. The second-order valence-electron chi connectivity index (χ2n) is 4.00. The highest BCUT2D eigenvalue weighted by atomic mass is 16.1. The van der Waals surface area contributed by atoms with Gasteiger partial charge in [-0.05, 0) is 17.5 Å². The highest BCUT2D eigenvalue weighted by molar-refractivity contribution is 6.52. The summed E-state index contributed by atoms with van der Waals surface area (Å²) >= 11 is 0. The summed E-state index contributed by atoms with van der Waals surface area (Å²) < 4.78 is 0. The van der Waals surface area contributed by atoms with Crippen LogP contribution in [0.5, 0.6) is 0 Å². The fourth-order valence-corrected chi connectivity index (χ4v) is 1.97. The van der Waals surface area contributed by atoms with Crippen molar-refractivity contribution in [3.05, 3.63) is 59.4 Å². The average molecular weight is 223 g/mol. The molecule has 0 bridgehead atoms. The van der Waals surface area contributed by atoms with Gasteiger partial charge in [-0.1, -0.05) is 42.6 Å². The molecule has 0 aliphatic heterocycles. The first-order valence-corrected chi connectivity index (χ1v) is 5.80. The lowest BCUT2D eigenvalue weighted by Crippen LogP contribution is -2.20. The van der Waals surface area contributed by atoms with Crippen LogP contribution in [0.2, 0.25) is 6.82 Å². The SMILES string of the molecule is CBc1cncc(C=O)c1Cc1ccccc1. The van der Waals surface area contributed by atoms with E-state index in [0.717, 1.165) is 31.0 Å². The average Bonchev–Trinajstić information content (AvgIpc) is 2.40. The van der Waals surface area contributed by atoms with Crippen molar-refractivity contribution >= 4 is 19.0 Å². The quantitative estimate of drug-likeness (QED) is 0.582. The second-order valence-corrected chi connectivity index (χ2v) is 4.00. The van der Waals surface area contributed by atoms with Crippen LogP contribution in [-0.2, 0) is 6.42 Å². The predicted molar refractivity (Wildman–Crippen MR) is 71.5 cm³/mol. The largest absolute Gasteiger partial charge is 0.298 e. The van der Waals surface area contributed by atoms with Crippen LogP contribution in [-0.4, -0.2) is 18.5 Å². The molecule has 17 heavy (non-hydrogen) atoms. The summed E-state index contributed by atoms with van der Waals surface area (Å²) in [5.74, 6) is 0. The summed E-state index contributed by atoms with van der Waals surface area (Å²) in [6.07, 6.45) is 5.18. The molecule has 0 saturated heterocycles. The van der Waals surface area contributed by atoms with E-state index in [0.29, 0.717) is 5.56 Å². The van der Waals surface area contributed by atoms with Crippen LogP contribution < -0.4 is 5.46 Å². The lowest BCUT2D eigenvalue weighted by atomic mass is 9.70. The molecule has 2 aromatic rings. The molecule has 2 nitrogen and oxygen atoms in total. The highest BCUT2D eigenvalue weighted by Gasteiger charge is 2.08. The Morgan fingerprint density at radius 3 is 2.65 bits per heavy atom. The van der Waals surface area contributed by atoms with E-state index in [1.165, 1.54) is 5.56 Å². The molecular weight excluding hydrogens is 209 g/mol. The third-order valence-electron chi connectivity index (χ3n) is 2.91. The Bertz CT molecular complexity index is 511. The van der Waals surface area contributed by atoms with Crippen LogP contribution in [0.25, 0.3) is 0 Å². The number of benzene rings is 1. The van der Waals surface area contributed by atoms with Crippen molar-refractivity contribution in [1.82, 2.24) is 4.98 Å². The smallest absolute Gasteiger partial charge is 0.157 e. The van der Waals surface area contributed by atoms with E-state index < -0.39 is 0 Å². The molecule has 0 N–H and O–H groups in total. The normalized spacial score (nSPS) is 9.94. The third kappa shape index (κ3) is 2.62. The van der Waals surface area contributed by atoms with Crippen molar-refractivity contribution < 1.29 is 4.79 Å². The van der Waals surface area contributed by atoms with Crippen molar-refractivity contribution in [2.24, 2.45) is 0 Å². The molecule has 0 radical (unpaired) electrons. The Hall–Kier alpha value is -1.90. The van der Waals surface area contributed by atoms with Gasteiger partial charge in [-0.3, -0.25) is 9.78 Å². The highest BCUT2D eigenvalue weighted by Crippen LogP contribution is 2.10. The maximum absolute atomic E-state index is 11.0. The van der Waals surface area contributed by atoms with E-state index in [9.17, 15) is 4.79 Å². The molecular formula is C14H14BNO. The first-order chi connectivity index (χ1) is 8.35. The molecule has 1 aromatic heterocycles. The Labute approximate surface area is 102 Å². The number of aromatic nitrogens is 1. The van der Waals surface area contributed by atoms with Crippen LogP contribution in [0, 0.1) is 0 Å². The molecule has 0 amide bonds. The van der Waals surface area contributed by atoms with Crippen LogP contribution in [0.4, 0.5) is 0 Å². The van der Waals surface area contributed by atoms with Gasteiger partial charge in [0.05, 0.1) is 0 Å². The number of nitrogens with zero attached hydrogens (tertiary/aromatic N) is 1. The Kier molecular flexibility index (Phi) is 3.71. The zero-order chi connectivity index (χ0) is 12.1. The Morgan fingerprint density at radius 1 is 1.24 bits per heavy atom. The molecule has 0 spiro atoms. The van der Waals surface area contributed by atoms with E-state index in [1.807, 2.05) is 24.4 Å². The molecule has 0 aliphatic rings. The first kappa shape index (κ1) is 11.6. The summed E-state index contributed by atoms with van der Waals surface area (Å²) in [6, 6.07) is 10.2. The maximum atomic E-state index is 11.0. The minimum atomic E-state index is 0.702. The molecule has 84 valence electrons. The van der Waals surface area contributed by atoms with E-state index >= 15 is 0 Å². The van der Waals surface area contributed by atoms with Gasteiger partial charge in [0, 0.05) is 18.0 Å². The minimum absolute atomic E-state index is 0.702. The predicted octanol–water partition coefficient (Wildman–Crippen LogP) is 1.59. The van der Waals surface area contributed by atoms with Gasteiger partial charge in [-0.15, -0.1) is 0 Å². The summed E-state index contributed by atoms with van der Waals surface area (Å²) in [6.45, 7) is 2.08. The van der Waals surface area contributed by atoms with Crippen LogP contribution >= 0.6 is 0 Å². The summed E-state index contributed by atoms with van der Waals surface area (Å²) in [5.41, 5.74) is 4.17. The van der Waals surface area contributed by atoms with E-state index in [1.54, 1.807) is 6.20 Å². The van der Waals surface area contributed by atoms with Gasteiger partial charge in [-0.2, -0.15) is 0 Å².